The Morgan fingerprint density at radius 3 is 2.64 bits per heavy atom. The van der Waals surface area contributed by atoms with E-state index in [1.54, 1.807) is 24.3 Å². The summed E-state index contributed by atoms with van der Waals surface area (Å²) in [6.07, 6.45) is -4.95. The van der Waals surface area contributed by atoms with Crippen molar-refractivity contribution in [2.45, 2.75) is 13.1 Å². The molecule has 0 aliphatic carbocycles. The minimum absolute atomic E-state index is 0.0890. The third-order valence-corrected chi connectivity index (χ3v) is 3.79. The monoisotopic (exact) mass is 368 g/mol. The highest BCUT2D eigenvalue weighted by Gasteiger charge is 2.42. The molecule has 0 atom stereocenters. The molecule has 0 unspecified atom stereocenters. The molecular weight excluding hydrogens is 357 g/mol. The molecule has 2 aromatic carbocycles. The number of amides is 1. The minimum atomic E-state index is -4.95. The van der Waals surface area contributed by atoms with Crippen molar-refractivity contribution in [1.29, 1.82) is 0 Å². The van der Waals surface area contributed by atoms with E-state index in [1.165, 1.54) is 25.1 Å². The van der Waals surface area contributed by atoms with Gasteiger partial charge in [0.25, 0.3) is 0 Å². The zero-order valence-electron chi connectivity index (χ0n) is 13.0. The number of fused-ring (bicyclic) bond motifs is 1. The largest absolute Gasteiger partial charge is 0.471 e. The van der Waals surface area contributed by atoms with Gasteiger partial charge in [0.05, 0.1) is 0 Å². The number of carbonyl (C=O) groups is 1. The van der Waals surface area contributed by atoms with Crippen molar-refractivity contribution in [1.82, 2.24) is 4.98 Å². The Bertz CT molecular complexity index is 937. The molecule has 1 aromatic heterocycles. The molecule has 3 rings (SSSR count). The van der Waals surface area contributed by atoms with Crippen LogP contribution in [-0.2, 0) is 4.79 Å². The molecule has 1 amide bonds. The lowest BCUT2D eigenvalue weighted by Crippen LogP contribution is -2.41. The zero-order chi connectivity index (χ0) is 18.2. The molecule has 25 heavy (non-hydrogen) atoms. The fourth-order valence-corrected chi connectivity index (χ4v) is 2.61. The van der Waals surface area contributed by atoms with Crippen molar-refractivity contribution in [3.63, 3.8) is 0 Å². The van der Waals surface area contributed by atoms with E-state index >= 15 is 0 Å². The van der Waals surface area contributed by atoms with Gasteiger partial charge in [0.1, 0.15) is 5.52 Å². The van der Waals surface area contributed by atoms with Crippen molar-refractivity contribution < 1.29 is 22.4 Å². The van der Waals surface area contributed by atoms with E-state index in [2.05, 4.69) is 4.98 Å². The third-order valence-electron chi connectivity index (χ3n) is 3.56. The summed E-state index contributed by atoms with van der Waals surface area (Å²) in [6.45, 7) is 1.34. The second kappa shape index (κ2) is 6.40. The average Bonchev–Trinajstić information content (AvgIpc) is 2.98. The summed E-state index contributed by atoms with van der Waals surface area (Å²) >= 11 is 5.94. The molecule has 1 heterocycles. The molecular formula is C17H12ClF3N2O2. The quantitative estimate of drug-likeness (QED) is 0.649. The first-order chi connectivity index (χ1) is 11.8. The first kappa shape index (κ1) is 17.3. The third kappa shape index (κ3) is 3.46. The summed E-state index contributed by atoms with van der Waals surface area (Å²) in [5.74, 6) is -1.64. The second-order valence-corrected chi connectivity index (χ2v) is 5.66. The first-order valence-electron chi connectivity index (χ1n) is 7.35. The standard InChI is InChI=1S/C17H12ClF3N2O2/c1-2-23(16(24)17(19,20)21)12-6-7-13-14(9-12)25-15(22-13)10-4-3-5-11(18)8-10/h3-9H,2H2,1H3. The average molecular weight is 369 g/mol. The molecule has 0 radical (unpaired) electrons. The Morgan fingerprint density at radius 2 is 2.00 bits per heavy atom. The predicted molar refractivity (Wildman–Crippen MR) is 88.5 cm³/mol. The normalized spacial score (nSPS) is 11.7. The van der Waals surface area contributed by atoms with Crippen molar-refractivity contribution in [3.05, 3.63) is 47.5 Å². The molecule has 0 aliphatic heterocycles. The SMILES string of the molecule is CCN(C(=O)C(F)(F)F)c1ccc2nc(-c3cccc(Cl)c3)oc2c1. The summed E-state index contributed by atoms with van der Waals surface area (Å²) in [7, 11) is 0. The van der Waals surface area contributed by atoms with Crippen LogP contribution in [-0.4, -0.2) is 23.6 Å². The highest BCUT2D eigenvalue weighted by atomic mass is 35.5. The number of alkyl halides is 3. The minimum Gasteiger partial charge on any atom is -0.436 e. The first-order valence-corrected chi connectivity index (χ1v) is 7.72. The molecule has 4 nitrogen and oxygen atoms in total. The number of anilines is 1. The van der Waals surface area contributed by atoms with Crippen LogP contribution >= 0.6 is 11.6 Å². The van der Waals surface area contributed by atoms with Crippen LogP contribution in [0.15, 0.2) is 46.9 Å². The Morgan fingerprint density at radius 1 is 1.24 bits per heavy atom. The Balaban J connectivity index is 2.01. The molecule has 0 fully saturated rings. The smallest absolute Gasteiger partial charge is 0.436 e. The molecule has 0 spiro atoms. The molecule has 0 saturated heterocycles. The lowest BCUT2D eigenvalue weighted by molar-refractivity contribution is -0.170. The lowest BCUT2D eigenvalue weighted by atomic mass is 10.2. The van der Waals surface area contributed by atoms with Gasteiger partial charge >= 0.3 is 12.1 Å². The summed E-state index contributed by atoms with van der Waals surface area (Å²) < 4.78 is 43.7. The van der Waals surface area contributed by atoms with E-state index < -0.39 is 12.1 Å². The maximum Gasteiger partial charge on any atom is 0.471 e. The highest BCUT2D eigenvalue weighted by Crippen LogP contribution is 2.30. The van der Waals surface area contributed by atoms with Crippen LogP contribution in [0.4, 0.5) is 18.9 Å². The Labute approximate surface area is 145 Å². The predicted octanol–water partition coefficient (Wildman–Crippen LogP) is 5.06. The van der Waals surface area contributed by atoms with Crippen LogP contribution in [0, 0.1) is 0 Å². The number of hydrogen-bond donors (Lipinski definition) is 0. The summed E-state index contributed by atoms with van der Waals surface area (Å²) in [4.78, 5) is 16.5. The van der Waals surface area contributed by atoms with E-state index in [0.29, 0.717) is 26.9 Å². The van der Waals surface area contributed by atoms with Gasteiger partial charge in [-0.1, -0.05) is 17.7 Å². The molecule has 130 valence electrons. The summed E-state index contributed by atoms with van der Waals surface area (Å²) in [5, 5.41) is 0.508. The van der Waals surface area contributed by atoms with Gasteiger partial charge in [0.2, 0.25) is 5.89 Å². The van der Waals surface area contributed by atoms with E-state index in [1.807, 2.05) is 0 Å². The number of hydrogen-bond acceptors (Lipinski definition) is 3. The molecule has 3 aromatic rings. The van der Waals surface area contributed by atoms with Crippen LogP contribution in [0.25, 0.3) is 22.6 Å². The van der Waals surface area contributed by atoms with Crippen molar-refractivity contribution in [2.75, 3.05) is 11.4 Å². The van der Waals surface area contributed by atoms with Gasteiger partial charge in [-0.3, -0.25) is 4.79 Å². The maximum atomic E-state index is 12.7. The van der Waals surface area contributed by atoms with Gasteiger partial charge in [-0.2, -0.15) is 13.2 Å². The lowest BCUT2D eigenvalue weighted by Gasteiger charge is -2.21. The van der Waals surface area contributed by atoms with Gasteiger partial charge in [0, 0.05) is 28.9 Å². The van der Waals surface area contributed by atoms with Crippen LogP contribution in [0.2, 0.25) is 5.02 Å². The van der Waals surface area contributed by atoms with Crippen LogP contribution < -0.4 is 4.90 Å². The number of halogens is 4. The number of carbonyl (C=O) groups excluding carboxylic acids is 1. The van der Waals surface area contributed by atoms with Crippen molar-refractivity contribution in [2.24, 2.45) is 0 Å². The summed E-state index contributed by atoms with van der Waals surface area (Å²) in [6, 6.07) is 11.1. The van der Waals surface area contributed by atoms with Gasteiger partial charge in [-0.15, -0.1) is 0 Å². The van der Waals surface area contributed by atoms with E-state index in [-0.39, 0.29) is 17.8 Å². The van der Waals surface area contributed by atoms with Crippen molar-refractivity contribution >= 4 is 34.3 Å². The highest BCUT2D eigenvalue weighted by molar-refractivity contribution is 6.30. The van der Waals surface area contributed by atoms with Crippen LogP contribution in [0.3, 0.4) is 0 Å². The topological polar surface area (TPSA) is 46.3 Å². The number of oxazole rings is 1. The Hall–Kier alpha value is -2.54. The molecule has 0 bridgehead atoms. The number of aromatic nitrogens is 1. The van der Waals surface area contributed by atoms with Gasteiger partial charge in [-0.25, -0.2) is 4.98 Å². The molecule has 8 heteroatoms. The molecule has 0 N–H and O–H groups in total. The van der Waals surface area contributed by atoms with E-state index in [4.69, 9.17) is 16.0 Å². The number of nitrogens with zero attached hydrogens (tertiary/aromatic N) is 2. The number of benzene rings is 2. The van der Waals surface area contributed by atoms with Gasteiger partial charge in [-0.05, 0) is 37.3 Å². The maximum absolute atomic E-state index is 12.7. The second-order valence-electron chi connectivity index (χ2n) is 5.23. The summed E-state index contributed by atoms with van der Waals surface area (Å²) in [5.41, 5.74) is 1.48. The van der Waals surface area contributed by atoms with Crippen molar-refractivity contribution in [3.8, 4) is 11.5 Å². The van der Waals surface area contributed by atoms with Gasteiger partial charge in [0.15, 0.2) is 5.58 Å². The fraction of sp³-hybridized carbons (Fsp3) is 0.176. The molecule has 0 saturated carbocycles. The van der Waals surface area contributed by atoms with E-state index in [0.717, 1.165) is 0 Å². The van der Waals surface area contributed by atoms with Crippen LogP contribution in [0.1, 0.15) is 6.92 Å². The zero-order valence-corrected chi connectivity index (χ0v) is 13.7. The van der Waals surface area contributed by atoms with Crippen LogP contribution in [0.5, 0.6) is 0 Å². The van der Waals surface area contributed by atoms with Gasteiger partial charge < -0.3 is 9.32 Å². The molecule has 0 aliphatic rings. The van der Waals surface area contributed by atoms with E-state index in [9.17, 15) is 18.0 Å². The fourth-order valence-electron chi connectivity index (χ4n) is 2.42. The number of rotatable bonds is 3. The Kier molecular flexibility index (Phi) is 4.43.